The second-order valence-corrected chi connectivity index (χ2v) is 3.32. The first-order valence-corrected chi connectivity index (χ1v) is 5.46. The lowest BCUT2D eigenvalue weighted by atomic mass is 10.2. The molecule has 1 aromatic carbocycles. The summed E-state index contributed by atoms with van der Waals surface area (Å²) < 4.78 is 9.96. The van der Waals surface area contributed by atoms with E-state index < -0.39 is 6.09 Å². The van der Waals surface area contributed by atoms with Crippen LogP contribution in [0.5, 0.6) is 0 Å². The van der Waals surface area contributed by atoms with Gasteiger partial charge in [-0.05, 0) is 5.56 Å². The molecule has 0 saturated heterocycles. The average molecular weight is 239 g/mol. The molecule has 0 saturated carbocycles. The zero-order chi connectivity index (χ0) is 12.3. The van der Waals surface area contributed by atoms with Gasteiger partial charge >= 0.3 is 6.09 Å². The van der Waals surface area contributed by atoms with Gasteiger partial charge in [0.2, 0.25) is 0 Å². The zero-order valence-electron chi connectivity index (χ0n) is 9.59. The number of carbonyl (C=O) groups is 1. The Morgan fingerprint density at radius 3 is 2.71 bits per heavy atom. The summed E-state index contributed by atoms with van der Waals surface area (Å²) in [6.07, 6.45) is -0.539. The van der Waals surface area contributed by atoms with Crippen molar-refractivity contribution >= 4 is 6.09 Å². The molecule has 5 nitrogen and oxygen atoms in total. The number of ether oxygens (including phenoxy) is 2. The maximum Gasteiger partial charge on any atom is 0.407 e. The molecule has 1 aromatic rings. The summed E-state index contributed by atoms with van der Waals surface area (Å²) >= 11 is 0. The Kier molecular flexibility index (Phi) is 6.78. The molecular formula is C12H17NO4. The summed E-state index contributed by atoms with van der Waals surface area (Å²) in [4.78, 5) is 10.9. The average Bonchev–Trinajstić information content (AvgIpc) is 2.37. The summed E-state index contributed by atoms with van der Waals surface area (Å²) in [6.45, 7) is 1.17. The van der Waals surface area contributed by atoms with Gasteiger partial charge in [-0.3, -0.25) is 0 Å². The van der Waals surface area contributed by atoms with Crippen LogP contribution >= 0.6 is 0 Å². The van der Waals surface area contributed by atoms with Crippen molar-refractivity contribution in [3.8, 4) is 0 Å². The Bertz CT molecular complexity index is 316. The number of aliphatic hydroxyl groups is 1. The summed E-state index contributed by atoms with van der Waals surface area (Å²) in [6, 6.07) is 9.79. The van der Waals surface area contributed by atoms with E-state index >= 15 is 0 Å². The van der Waals surface area contributed by atoms with Crippen LogP contribution in [-0.2, 0) is 16.1 Å². The highest BCUT2D eigenvalue weighted by Gasteiger charge is 1.99. The van der Waals surface area contributed by atoms with Crippen LogP contribution in [0, 0.1) is 0 Å². The van der Waals surface area contributed by atoms with E-state index in [9.17, 15) is 4.79 Å². The summed E-state index contributed by atoms with van der Waals surface area (Å²) in [5.74, 6) is 0. The van der Waals surface area contributed by atoms with Crippen molar-refractivity contribution in [2.24, 2.45) is 0 Å². The topological polar surface area (TPSA) is 67.8 Å². The van der Waals surface area contributed by atoms with Gasteiger partial charge in [-0.15, -0.1) is 0 Å². The van der Waals surface area contributed by atoms with E-state index in [2.05, 4.69) is 10.1 Å². The van der Waals surface area contributed by atoms with Crippen LogP contribution in [0.1, 0.15) is 5.56 Å². The van der Waals surface area contributed by atoms with Gasteiger partial charge < -0.3 is 19.9 Å². The molecule has 1 amide bonds. The molecule has 0 aliphatic carbocycles. The molecule has 0 aliphatic heterocycles. The molecule has 0 heterocycles. The van der Waals surface area contributed by atoms with Crippen LogP contribution in [0.2, 0.25) is 0 Å². The lowest BCUT2D eigenvalue weighted by Gasteiger charge is -2.06. The molecule has 0 radical (unpaired) electrons. The minimum absolute atomic E-state index is 0.0106. The number of hydrogen-bond donors (Lipinski definition) is 2. The monoisotopic (exact) mass is 239 g/mol. The van der Waals surface area contributed by atoms with Crippen LogP contribution in [0.3, 0.4) is 0 Å². The maximum atomic E-state index is 10.9. The van der Waals surface area contributed by atoms with Crippen LogP contribution < -0.4 is 5.32 Å². The molecule has 1 rings (SSSR count). The number of carbonyl (C=O) groups excluding carboxylic acids is 1. The summed E-state index contributed by atoms with van der Waals surface area (Å²) in [5, 5.41) is 10.9. The van der Waals surface area contributed by atoms with Gasteiger partial charge in [-0.25, -0.2) is 4.79 Å². The third-order valence-electron chi connectivity index (χ3n) is 1.95. The Morgan fingerprint density at radius 2 is 2.00 bits per heavy atom. The van der Waals surface area contributed by atoms with Gasteiger partial charge in [-0.1, -0.05) is 30.3 Å². The number of amides is 1. The minimum Gasteiger partial charge on any atom is -0.447 e. The standard InChI is InChI=1S/C12H17NO4/c14-7-9-17-12(15)13-6-8-16-10-11-4-2-1-3-5-11/h1-5,14H,6-10H2,(H,13,15). The Hall–Kier alpha value is -1.59. The van der Waals surface area contributed by atoms with E-state index in [0.29, 0.717) is 19.8 Å². The van der Waals surface area contributed by atoms with Crippen molar-refractivity contribution in [3.05, 3.63) is 35.9 Å². The summed E-state index contributed by atoms with van der Waals surface area (Å²) in [7, 11) is 0. The first-order chi connectivity index (χ1) is 8.33. The third-order valence-corrected chi connectivity index (χ3v) is 1.95. The highest BCUT2D eigenvalue weighted by molar-refractivity contribution is 5.66. The van der Waals surface area contributed by atoms with E-state index in [0.717, 1.165) is 5.56 Å². The Morgan fingerprint density at radius 1 is 1.24 bits per heavy atom. The van der Waals surface area contributed by atoms with Gasteiger partial charge in [0.05, 0.1) is 19.8 Å². The van der Waals surface area contributed by atoms with Crippen LogP contribution in [-0.4, -0.2) is 37.6 Å². The SMILES string of the molecule is O=C(NCCOCc1ccccc1)OCCO. The fraction of sp³-hybridized carbons (Fsp3) is 0.417. The number of nitrogens with one attached hydrogen (secondary N) is 1. The number of hydrogen-bond acceptors (Lipinski definition) is 4. The molecule has 17 heavy (non-hydrogen) atoms. The predicted molar refractivity (Wildman–Crippen MR) is 62.5 cm³/mol. The molecule has 0 unspecified atom stereocenters. The van der Waals surface area contributed by atoms with E-state index in [1.807, 2.05) is 30.3 Å². The van der Waals surface area contributed by atoms with E-state index in [1.165, 1.54) is 0 Å². The minimum atomic E-state index is -0.539. The number of aliphatic hydroxyl groups excluding tert-OH is 1. The molecule has 0 aliphatic rings. The van der Waals surface area contributed by atoms with Crippen molar-refractivity contribution in [2.75, 3.05) is 26.4 Å². The fourth-order valence-corrected chi connectivity index (χ4v) is 1.18. The van der Waals surface area contributed by atoms with E-state index in [1.54, 1.807) is 0 Å². The first kappa shape index (κ1) is 13.5. The number of rotatable bonds is 7. The van der Waals surface area contributed by atoms with Crippen molar-refractivity contribution in [3.63, 3.8) is 0 Å². The van der Waals surface area contributed by atoms with Gasteiger partial charge in [0.15, 0.2) is 0 Å². The van der Waals surface area contributed by atoms with E-state index in [-0.39, 0.29) is 13.2 Å². The van der Waals surface area contributed by atoms with Crippen molar-refractivity contribution in [2.45, 2.75) is 6.61 Å². The molecule has 0 bridgehead atoms. The lowest BCUT2D eigenvalue weighted by molar-refractivity contribution is 0.104. The fourth-order valence-electron chi connectivity index (χ4n) is 1.18. The Labute approximate surface area is 100 Å². The molecule has 5 heteroatoms. The highest BCUT2D eigenvalue weighted by atomic mass is 16.6. The molecule has 0 aromatic heterocycles. The van der Waals surface area contributed by atoms with Crippen molar-refractivity contribution < 1.29 is 19.4 Å². The lowest BCUT2D eigenvalue weighted by Crippen LogP contribution is -2.28. The number of alkyl carbamates (subject to hydrolysis) is 1. The maximum absolute atomic E-state index is 10.9. The smallest absolute Gasteiger partial charge is 0.407 e. The predicted octanol–water partition coefficient (Wildman–Crippen LogP) is 0.922. The largest absolute Gasteiger partial charge is 0.447 e. The zero-order valence-corrected chi connectivity index (χ0v) is 9.59. The van der Waals surface area contributed by atoms with Crippen LogP contribution in [0.25, 0.3) is 0 Å². The number of benzene rings is 1. The molecular weight excluding hydrogens is 222 g/mol. The summed E-state index contributed by atoms with van der Waals surface area (Å²) in [5.41, 5.74) is 1.09. The highest BCUT2D eigenvalue weighted by Crippen LogP contribution is 1.99. The Balaban J connectivity index is 1.99. The van der Waals surface area contributed by atoms with Gasteiger partial charge in [0.25, 0.3) is 0 Å². The van der Waals surface area contributed by atoms with Crippen molar-refractivity contribution in [1.29, 1.82) is 0 Å². The molecule has 0 fully saturated rings. The van der Waals surface area contributed by atoms with Gasteiger partial charge in [-0.2, -0.15) is 0 Å². The van der Waals surface area contributed by atoms with E-state index in [4.69, 9.17) is 9.84 Å². The molecule has 0 atom stereocenters. The molecule has 94 valence electrons. The normalized spacial score (nSPS) is 9.94. The molecule has 0 spiro atoms. The second-order valence-electron chi connectivity index (χ2n) is 3.32. The van der Waals surface area contributed by atoms with Crippen LogP contribution in [0.15, 0.2) is 30.3 Å². The van der Waals surface area contributed by atoms with Gasteiger partial charge in [0.1, 0.15) is 6.61 Å². The molecule has 2 N–H and O–H groups in total. The first-order valence-electron chi connectivity index (χ1n) is 5.46. The van der Waals surface area contributed by atoms with Crippen molar-refractivity contribution in [1.82, 2.24) is 5.32 Å². The quantitative estimate of drug-likeness (QED) is 0.694. The van der Waals surface area contributed by atoms with Crippen LogP contribution in [0.4, 0.5) is 4.79 Å². The van der Waals surface area contributed by atoms with Gasteiger partial charge in [0, 0.05) is 6.54 Å². The third kappa shape index (κ3) is 6.55. The second kappa shape index (κ2) is 8.55.